The summed E-state index contributed by atoms with van der Waals surface area (Å²) in [7, 11) is 0. The van der Waals surface area contributed by atoms with Crippen molar-refractivity contribution in [3.05, 3.63) is 0 Å². The fourth-order valence-electron chi connectivity index (χ4n) is 2.40. The smallest absolute Gasteiger partial charge is 0.226 e. The first-order chi connectivity index (χ1) is 7.64. The lowest BCUT2D eigenvalue weighted by Crippen LogP contribution is -2.50. The second-order valence-corrected chi connectivity index (χ2v) is 4.84. The zero-order valence-corrected chi connectivity index (χ0v) is 10.4. The Hall–Kier alpha value is -0.610. The standard InChI is InChI=1S/C12H24N2O2/c1-3-4-12(5-7-13-8-6-12)11(16)14-10(2)9-15/h10,13,15H,3-9H2,1-2H3,(H,14,16). The van der Waals surface area contributed by atoms with E-state index < -0.39 is 0 Å². The lowest BCUT2D eigenvalue weighted by Gasteiger charge is -2.36. The molecule has 0 saturated carbocycles. The highest BCUT2D eigenvalue weighted by Crippen LogP contribution is 2.34. The maximum atomic E-state index is 12.2. The first-order valence-corrected chi connectivity index (χ1v) is 6.27. The lowest BCUT2D eigenvalue weighted by molar-refractivity contribution is -0.134. The minimum atomic E-state index is -0.205. The topological polar surface area (TPSA) is 61.4 Å². The first-order valence-electron chi connectivity index (χ1n) is 6.27. The average molecular weight is 228 g/mol. The van der Waals surface area contributed by atoms with Crippen molar-refractivity contribution in [2.45, 2.75) is 45.6 Å². The number of hydrogen-bond acceptors (Lipinski definition) is 3. The van der Waals surface area contributed by atoms with Gasteiger partial charge in [-0.3, -0.25) is 4.79 Å². The van der Waals surface area contributed by atoms with E-state index in [1.54, 1.807) is 0 Å². The van der Waals surface area contributed by atoms with Gasteiger partial charge in [0.25, 0.3) is 0 Å². The summed E-state index contributed by atoms with van der Waals surface area (Å²) in [6.07, 6.45) is 3.79. The van der Waals surface area contributed by atoms with Crippen LogP contribution in [0.2, 0.25) is 0 Å². The Morgan fingerprint density at radius 3 is 2.62 bits per heavy atom. The molecule has 1 rings (SSSR count). The van der Waals surface area contributed by atoms with Gasteiger partial charge in [0, 0.05) is 6.04 Å². The number of carbonyl (C=O) groups excluding carboxylic acids is 1. The molecule has 4 nitrogen and oxygen atoms in total. The molecule has 1 aliphatic heterocycles. The molecule has 1 unspecified atom stereocenters. The average Bonchev–Trinajstić information content (AvgIpc) is 2.30. The highest BCUT2D eigenvalue weighted by molar-refractivity contribution is 5.83. The minimum Gasteiger partial charge on any atom is -0.394 e. The van der Waals surface area contributed by atoms with Crippen LogP contribution in [0.5, 0.6) is 0 Å². The van der Waals surface area contributed by atoms with E-state index in [2.05, 4.69) is 17.6 Å². The van der Waals surface area contributed by atoms with Crippen molar-refractivity contribution < 1.29 is 9.90 Å². The van der Waals surface area contributed by atoms with Crippen LogP contribution in [-0.2, 0) is 4.79 Å². The van der Waals surface area contributed by atoms with Gasteiger partial charge >= 0.3 is 0 Å². The normalized spacial score (nSPS) is 21.4. The maximum Gasteiger partial charge on any atom is 0.226 e. The maximum absolute atomic E-state index is 12.2. The van der Waals surface area contributed by atoms with Gasteiger partial charge in [-0.15, -0.1) is 0 Å². The monoisotopic (exact) mass is 228 g/mol. The molecule has 1 atom stereocenters. The molecule has 0 aromatic heterocycles. The Balaban J connectivity index is 2.64. The van der Waals surface area contributed by atoms with Crippen molar-refractivity contribution in [3.63, 3.8) is 0 Å². The van der Waals surface area contributed by atoms with Crippen LogP contribution in [-0.4, -0.2) is 36.8 Å². The van der Waals surface area contributed by atoms with E-state index in [1.165, 1.54) is 0 Å². The number of amides is 1. The van der Waals surface area contributed by atoms with E-state index >= 15 is 0 Å². The van der Waals surface area contributed by atoms with Crippen LogP contribution >= 0.6 is 0 Å². The summed E-state index contributed by atoms with van der Waals surface area (Å²) < 4.78 is 0. The molecule has 1 saturated heterocycles. The quantitative estimate of drug-likeness (QED) is 0.647. The third-order valence-corrected chi connectivity index (χ3v) is 3.42. The van der Waals surface area contributed by atoms with Crippen molar-refractivity contribution in [2.24, 2.45) is 5.41 Å². The zero-order valence-electron chi connectivity index (χ0n) is 10.4. The second kappa shape index (κ2) is 6.21. The summed E-state index contributed by atoms with van der Waals surface area (Å²) in [5, 5.41) is 15.2. The Morgan fingerprint density at radius 2 is 2.12 bits per heavy atom. The minimum absolute atomic E-state index is 0.00615. The predicted octanol–water partition coefficient (Wildman–Crippen LogP) is 0.653. The van der Waals surface area contributed by atoms with E-state index in [-0.39, 0.29) is 24.0 Å². The summed E-state index contributed by atoms with van der Waals surface area (Å²) in [4.78, 5) is 12.2. The second-order valence-electron chi connectivity index (χ2n) is 4.84. The molecule has 0 radical (unpaired) electrons. The molecule has 0 bridgehead atoms. The highest BCUT2D eigenvalue weighted by atomic mass is 16.3. The van der Waals surface area contributed by atoms with Crippen molar-refractivity contribution in [2.75, 3.05) is 19.7 Å². The number of piperidine rings is 1. The summed E-state index contributed by atoms with van der Waals surface area (Å²) in [5.74, 6) is 0.123. The lowest BCUT2D eigenvalue weighted by atomic mass is 9.74. The van der Waals surface area contributed by atoms with Crippen LogP contribution in [0.1, 0.15) is 39.5 Å². The number of nitrogens with one attached hydrogen (secondary N) is 2. The van der Waals surface area contributed by atoms with Crippen molar-refractivity contribution in [1.29, 1.82) is 0 Å². The van der Waals surface area contributed by atoms with Crippen LogP contribution in [0.25, 0.3) is 0 Å². The van der Waals surface area contributed by atoms with Crippen LogP contribution in [0.3, 0.4) is 0 Å². The highest BCUT2D eigenvalue weighted by Gasteiger charge is 2.38. The van der Waals surface area contributed by atoms with Crippen LogP contribution in [0.4, 0.5) is 0 Å². The molecule has 0 spiro atoms. The number of rotatable bonds is 5. The summed E-state index contributed by atoms with van der Waals surface area (Å²) >= 11 is 0. The Kier molecular flexibility index (Phi) is 5.22. The van der Waals surface area contributed by atoms with Gasteiger partial charge in [-0.1, -0.05) is 13.3 Å². The molecule has 3 N–H and O–H groups in total. The largest absolute Gasteiger partial charge is 0.394 e. The van der Waals surface area contributed by atoms with Gasteiger partial charge in [-0.25, -0.2) is 0 Å². The van der Waals surface area contributed by atoms with Crippen molar-refractivity contribution >= 4 is 5.91 Å². The van der Waals surface area contributed by atoms with E-state index in [9.17, 15) is 4.79 Å². The van der Waals surface area contributed by atoms with Gasteiger partial charge in [0.2, 0.25) is 5.91 Å². The summed E-state index contributed by atoms with van der Waals surface area (Å²) in [5.41, 5.74) is -0.205. The number of aliphatic hydroxyl groups is 1. The Bertz CT molecular complexity index is 220. The summed E-state index contributed by atoms with van der Waals surface area (Å²) in [6, 6.07) is -0.142. The molecule has 0 aliphatic carbocycles. The van der Waals surface area contributed by atoms with Gasteiger partial charge in [-0.2, -0.15) is 0 Å². The number of aliphatic hydroxyl groups excluding tert-OH is 1. The van der Waals surface area contributed by atoms with Gasteiger partial charge < -0.3 is 15.7 Å². The molecular formula is C12H24N2O2. The zero-order chi connectivity index (χ0) is 12.0. The number of hydrogen-bond donors (Lipinski definition) is 3. The van der Waals surface area contributed by atoms with Crippen molar-refractivity contribution in [3.8, 4) is 0 Å². The van der Waals surface area contributed by atoms with Gasteiger partial charge in [0.15, 0.2) is 0 Å². The fraction of sp³-hybridized carbons (Fsp3) is 0.917. The van der Waals surface area contributed by atoms with E-state index in [0.717, 1.165) is 38.8 Å². The van der Waals surface area contributed by atoms with Gasteiger partial charge in [-0.05, 0) is 39.3 Å². The fourth-order valence-corrected chi connectivity index (χ4v) is 2.40. The van der Waals surface area contributed by atoms with E-state index in [0.29, 0.717) is 0 Å². The Morgan fingerprint density at radius 1 is 1.50 bits per heavy atom. The van der Waals surface area contributed by atoms with E-state index in [1.807, 2.05) is 6.92 Å². The third kappa shape index (κ3) is 3.19. The SMILES string of the molecule is CCCC1(C(=O)NC(C)CO)CCNCC1. The van der Waals surface area contributed by atoms with Crippen LogP contribution < -0.4 is 10.6 Å². The third-order valence-electron chi connectivity index (χ3n) is 3.42. The molecule has 16 heavy (non-hydrogen) atoms. The molecule has 1 heterocycles. The molecular weight excluding hydrogens is 204 g/mol. The number of carbonyl (C=O) groups is 1. The van der Waals surface area contributed by atoms with Crippen molar-refractivity contribution in [1.82, 2.24) is 10.6 Å². The molecule has 0 aromatic carbocycles. The molecule has 4 heteroatoms. The first kappa shape index (κ1) is 13.5. The van der Waals surface area contributed by atoms with Crippen LogP contribution in [0, 0.1) is 5.41 Å². The summed E-state index contributed by atoms with van der Waals surface area (Å²) in [6.45, 7) is 5.79. The molecule has 1 fully saturated rings. The molecule has 1 amide bonds. The van der Waals surface area contributed by atoms with Gasteiger partial charge in [0.1, 0.15) is 0 Å². The molecule has 0 aromatic rings. The molecule has 94 valence electrons. The predicted molar refractivity (Wildman–Crippen MR) is 64.1 cm³/mol. The molecule has 1 aliphatic rings. The van der Waals surface area contributed by atoms with E-state index in [4.69, 9.17) is 5.11 Å². The van der Waals surface area contributed by atoms with Gasteiger partial charge in [0.05, 0.1) is 12.0 Å². The van der Waals surface area contributed by atoms with Crippen LogP contribution in [0.15, 0.2) is 0 Å². The Labute approximate surface area is 97.8 Å².